The van der Waals surface area contributed by atoms with Gasteiger partial charge in [-0.05, 0) is 36.8 Å². The van der Waals surface area contributed by atoms with E-state index in [2.05, 4.69) is 20.3 Å². The molecule has 8 nitrogen and oxygen atoms in total. The molecule has 0 aliphatic carbocycles. The van der Waals surface area contributed by atoms with Gasteiger partial charge in [0.15, 0.2) is 5.82 Å². The van der Waals surface area contributed by atoms with Gasteiger partial charge in [-0.15, -0.1) is 0 Å². The molecule has 1 aromatic carbocycles. The van der Waals surface area contributed by atoms with Crippen molar-refractivity contribution in [3.8, 4) is 11.5 Å². The third-order valence-corrected chi connectivity index (χ3v) is 4.33. The van der Waals surface area contributed by atoms with Crippen LogP contribution in [0, 0.1) is 11.7 Å². The van der Waals surface area contributed by atoms with Crippen molar-refractivity contribution in [2.24, 2.45) is 5.10 Å². The van der Waals surface area contributed by atoms with Gasteiger partial charge in [0.05, 0.1) is 25.6 Å². The van der Waals surface area contributed by atoms with E-state index in [0.29, 0.717) is 33.8 Å². The van der Waals surface area contributed by atoms with Crippen LogP contribution in [0.2, 0.25) is 0 Å². The number of rotatable bonds is 6. The van der Waals surface area contributed by atoms with Gasteiger partial charge in [0.1, 0.15) is 11.5 Å². The molecule has 0 aliphatic heterocycles. The number of nitrogens with one attached hydrogen (secondary N) is 1. The molecule has 0 radical (unpaired) electrons. The van der Waals surface area contributed by atoms with E-state index in [4.69, 9.17) is 17.0 Å². The van der Waals surface area contributed by atoms with Crippen LogP contribution in [0.4, 0.5) is 0 Å². The SMILES string of the molecule is COc1ccc(Cc2n[nH]c(=S)n2/N=C/c2c(CO)cnc(C)c2O)cc1. The lowest BCUT2D eigenvalue weighted by atomic mass is 10.1. The Morgan fingerprint density at radius 1 is 1.33 bits per heavy atom. The Hall–Kier alpha value is -3.04. The zero-order valence-electron chi connectivity index (χ0n) is 14.9. The molecule has 27 heavy (non-hydrogen) atoms. The first-order valence-corrected chi connectivity index (χ1v) is 8.56. The third-order valence-electron chi connectivity index (χ3n) is 4.07. The molecule has 0 atom stereocenters. The highest BCUT2D eigenvalue weighted by atomic mass is 32.1. The number of methoxy groups -OCH3 is 1. The number of aryl methyl sites for hydroxylation is 1. The molecule has 2 aromatic heterocycles. The number of hydrogen-bond donors (Lipinski definition) is 3. The number of nitrogens with zero attached hydrogens (tertiary/aromatic N) is 4. The van der Waals surface area contributed by atoms with Gasteiger partial charge >= 0.3 is 0 Å². The number of H-pyrrole nitrogens is 1. The highest BCUT2D eigenvalue weighted by Gasteiger charge is 2.11. The first-order valence-electron chi connectivity index (χ1n) is 8.15. The van der Waals surface area contributed by atoms with Crippen molar-refractivity contribution in [3.05, 3.63) is 63.4 Å². The maximum Gasteiger partial charge on any atom is 0.216 e. The summed E-state index contributed by atoms with van der Waals surface area (Å²) >= 11 is 5.25. The zero-order valence-corrected chi connectivity index (χ0v) is 15.7. The average molecular weight is 385 g/mol. The lowest BCUT2D eigenvalue weighted by molar-refractivity contribution is 0.280. The van der Waals surface area contributed by atoms with Crippen LogP contribution in [0.25, 0.3) is 0 Å². The fourth-order valence-electron chi connectivity index (χ4n) is 2.52. The molecule has 3 aromatic rings. The molecule has 0 saturated carbocycles. The molecule has 0 amide bonds. The van der Waals surface area contributed by atoms with Gasteiger partial charge in [-0.2, -0.15) is 14.9 Å². The summed E-state index contributed by atoms with van der Waals surface area (Å²) < 4.78 is 6.97. The predicted octanol–water partition coefficient (Wildman–Crippen LogP) is 2.32. The number of aliphatic hydroxyl groups is 1. The second-order valence-corrected chi connectivity index (χ2v) is 6.20. The van der Waals surface area contributed by atoms with E-state index in [-0.39, 0.29) is 12.4 Å². The van der Waals surface area contributed by atoms with E-state index in [1.807, 2.05) is 24.3 Å². The minimum absolute atomic E-state index is 0.0305. The van der Waals surface area contributed by atoms with E-state index in [1.165, 1.54) is 17.1 Å². The van der Waals surface area contributed by atoms with Crippen LogP contribution in [-0.4, -0.2) is 43.4 Å². The summed E-state index contributed by atoms with van der Waals surface area (Å²) in [7, 11) is 1.62. The van der Waals surface area contributed by atoms with Gasteiger partial charge in [-0.3, -0.25) is 10.1 Å². The van der Waals surface area contributed by atoms with Crippen LogP contribution in [0.3, 0.4) is 0 Å². The van der Waals surface area contributed by atoms with Gasteiger partial charge < -0.3 is 14.9 Å². The first-order chi connectivity index (χ1) is 13.0. The van der Waals surface area contributed by atoms with Crippen molar-refractivity contribution >= 4 is 18.4 Å². The van der Waals surface area contributed by atoms with Gasteiger partial charge in [0, 0.05) is 23.7 Å². The number of aromatic amines is 1. The summed E-state index contributed by atoms with van der Waals surface area (Å²) in [4.78, 5) is 4.03. The molecule has 140 valence electrons. The highest BCUT2D eigenvalue weighted by Crippen LogP contribution is 2.22. The Bertz CT molecular complexity index is 1020. The van der Waals surface area contributed by atoms with Crippen molar-refractivity contribution in [3.63, 3.8) is 0 Å². The van der Waals surface area contributed by atoms with Crippen molar-refractivity contribution in [2.45, 2.75) is 20.0 Å². The molecule has 9 heteroatoms. The second-order valence-electron chi connectivity index (χ2n) is 5.82. The summed E-state index contributed by atoms with van der Waals surface area (Å²) in [5.41, 5.74) is 2.32. The third kappa shape index (κ3) is 4.04. The molecule has 0 fully saturated rings. The Labute approximate surface area is 160 Å². The Balaban J connectivity index is 1.92. The Morgan fingerprint density at radius 2 is 2.07 bits per heavy atom. The molecule has 3 rings (SSSR count). The molecule has 0 spiro atoms. The minimum atomic E-state index is -0.266. The number of aromatic hydroxyl groups is 1. The molecule has 0 unspecified atom stereocenters. The lowest BCUT2D eigenvalue weighted by Gasteiger charge is -2.07. The minimum Gasteiger partial charge on any atom is -0.505 e. The zero-order chi connectivity index (χ0) is 19.4. The maximum atomic E-state index is 10.2. The number of aliphatic hydroxyl groups excluding tert-OH is 1. The number of benzene rings is 1. The normalized spacial score (nSPS) is 11.2. The summed E-state index contributed by atoms with van der Waals surface area (Å²) in [6.07, 6.45) is 3.45. The predicted molar refractivity (Wildman–Crippen MR) is 103 cm³/mol. The fourth-order valence-corrected chi connectivity index (χ4v) is 2.72. The fraction of sp³-hybridized carbons (Fsp3) is 0.222. The summed E-state index contributed by atoms with van der Waals surface area (Å²) in [5.74, 6) is 1.35. The van der Waals surface area contributed by atoms with Gasteiger partial charge in [0.2, 0.25) is 4.77 Å². The molecule has 0 bridgehead atoms. The van der Waals surface area contributed by atoms with Crippen LogP contribution in [-0.2, 0) is 13.0 Å². The lowest BCUT2D eigenvalue weighted by Crippen LogP contribution is -2.03. The monoisotopic (exact) mass is 385 g/mol. The number of pyridine rings is 1. The Morgan fingerprint density at radius 3 is 2.74 bits per heavy atom. The smallest absolute Gasteiger partial charge is 0.216 e. The summed E-state index contributed by atoms with van der Waals surface area (Å²) in [6.45, 7) is 1.41. The quantitative estimate of drug-likeness (QED) is 0.444. The number of ether oxygens (including phenoxy) is 1. The van der Waals surface area contributed by atoms with Crippen LogP contribution in [0.1, 0.15) is 28.2 Å². The maximum absolute atomic E-state index is 10.2. The summed E-state index contributed by atoms with van der Waals surface area (Å²) in [5, 5.41) is 31.0. The molecule has 2 heterocycles. The van der Waals surface area contributed by atoms with E-state index < -0.39 is 0 Å². The van der Waals surface area contributed by atoms with Gasteiger partial charge in [0.25, 0.3) is 0 Å². The van der Waals surface area contributed by atoms with Crippen LogP contribution < -0.4 is 4.74 Å². The second kappa shape index (κ2) is 8.11. The molecule has 0 saturated heterocycles. The van der Waals surface area contributed by atoms with E-state index in [9.17, 15) is 10.2 Å². The van der Waals surface area contributed by atoms with Crippen LogP contribution >= 0.6 is 12.2 Å². The molecule has 3 N–H and O–H groups in total. The van der Waals surface area contributed by atoms with Crippen molar-refractivity contribution < 1.29 is 14.9 Å². The Kier molecular flexibility index (Phi) is 5.63. The van der Waals surface area contributed by atoms with Crippen molar-refractivity contribution in [2.75, 3.05) is 7.11 Å². The van der Waals surface area contributed by atoms with E-state index >= 15 is 0 Å². The number of hydrogen-bond acceptors (Lipinski definition) is 7. The molecular weight excluding hydrogens is 366 g/mol. The first kappa shape index (κ1) is 18.7. The van der Waals surface area contributed by atoms with E-state index in [0.717, 1.165) is 11.3 Å². The molecule has 0 aliphatic rings. The van der Waals surface area contributed by atoms with Crippen molar-refractivity contribution in [1.29, 1.82) is 0 Å². The standard InChI is InChI=1S/C18H19N5O3S/c1-11-17(25)15(13(10-24)8-19-11)9-20-23-16(21-22-18(23)27)7-12-3-5-14(26-2)6-4-12/h3-6,8-9,24-25H,7,10H2,1-2H3,(H,22,27)/b20-9+. The number of aromatic nitrogens is 4. The average Bonchev–Trinajstić information content (AvgIpc) is 3.03. The topological polar surface area (TPSA) is 109 Å². The molecular formula is C18H19N5O3S. The van der Waals surface area contributed by atoms with Crippen LogP contribution in [0.15, 0.2) is 35.6 Å². The highest BCUT2D eigenvalue weighted by molar-refractivity contribution is 7.71. The van der Waals surface area contributed by atoms with Crippen molar-refractivity contribution in [1.82, 2.24) is 19.9 Å². The largest absolute Gasteiger partial charge is 0.505 e. The van der Waals surface area contributed by atoms with E-state index in [1.54, 1.807) is 14.0 Å². The summed E-state index contributed by atoms with van der Waals surface area (Å²) in [6, 6.07) is 7.62. The van der Waals surface area contributed by atoms with Gasteiger partial charge in [-0.25, -0.2) is 0 Å². The van der Waals surface area contributed by atoms with Crippen LogP contribution in [0.5, 0.6) is 11.5 Å². The van der Waals surface area contributed by atoms with Gasteiger partial charge in [-0.1, -0.05) is 12.1 Å².